The molecule has 0 atom stereocenters. The zero-order chi connectivity index (χ0) is 13.1. The van der Waals surface area contributed by atoms with Gasteiger partial charge in [0.15, 0.2) is 5.75 Å². The van der Waals surface area contributed by atoms with Crippen LogP contribution in [0.2, 0.25) is 0 Å². The topological polar surface area (TPSA) is 104 Å². The zero-order valence-electron chi connectivity index (χ0n) is 9.16. The van der Waals surface area contributed by atoms with E-state index in [1.54, 1.807) is 6.92 Å². The van der Waals surface area contributed by atoms with Crippen molar-refractivity contribution >= 4 is 20.1 Å². The number of sulfonamides is 1. The highest BCUT2D eigenvalue weighted by molar-refractivity contribution is 7.89. The first-order valence-electron chi connectivity index (χ1n) is 4.80. The van der Waals surface area contributed by atoms with E-state index in [4.69, 9.17) is 9.32 Å². The summed E-state index contributed by atoms with van der Waals surface area (Å²) in [6, 6.07) is 5.32. The van der Waals surface area contributed by atoms with Crippen LogP contribution in [0.5, 0.6) is 5.75 Å². The smallest absolute Gasteiger partial charge is 0.309 e. The van der Waals surface area contributed by atoms with Crippen LogP contribution in [-0.4, -0.2) is 22.6 Å². The summed E-state index contributed by atoms with van der Waals surface area (Å²) in [7, 11) is -7.80. The summed E-state index contributed by atoms with van der Waals surface area (Å²) in [5, 5.41) is 4.95. The van der Waals surface area contributed by atoms with Crippen molar-refractivity contribution in [2.24, 2.45) is 5.14 Å². The van der Waals surface area contributed by atoms with E-state index in [-0.39, 0.29) is 16.4 Å². The van der Waals surface area contributed by atoms with Gasteiger partial charge in [0, 0.05) is 0 Å². The minimum Gasteiger partial charge on any atom is -0.381 e. The lowest BCUT2D eigenvalue weighted by Gasteiger charge is -2.09. The van der Waals surface area contributed by atoms with Crippen molar-refractivity contribution in [2.75, 3.05) is 5.75 Å². The van der Waals surface area contributed by atoms with Gasteiger partial charge in [0.05, 0.1) is 5.75 Å². The molecule has 0 radical (unpaired) electrons. The molecule has 17 heavy (non-hydrogen) atoms. The third kappa shape index (κ3) is 3.99. The first-order chi connectivity index (χ1) is 7.76. The normalized spacial score (nSPS) is 12.4. The number of hydrogen-bond acceptors (Lipinski definition) is 5. The van der Waals surface area contributed by atoms with Crippen LogP contribution in [0.1, 0.15) is 13.3 Å². The Labute approximate surface area is 101 Å². The van der Waals surface area contributed by atoms with Gasteiger partial charge >= 0.3 is 10.1 Å². The van der Waals surface area contributed by atoms with Gasteiger partial charge in [-0.3, -0.25) is 0 Å². The fourth-order valence-electron chi connectivity index (χ4n) is 1.18. The Morgan fingerprint density at radius 2 is 1.76 bits per heavy atom. The third-order valence-corrected chi connectivity index (χ3v) is 4.12. The van der Waals surface area contributed by atoms with E-state index in [9.17, 15) is 16.8 Å². The van der Waals surface area contributed by atoms with Gasteiger partial charge in [-0.2, -0.15) is 8.42 Å². The molecule has 0 aliphatic heterocycles. The van der Waals surface area contributed by atoms with Crippen LogP contribution in [0.4, 0.5) is 0 Å². The lowest BCUT2D eigenvalue weighted by molar-refractivity contribution is 0.478. The molecule has 0 unspecified atom stereocenters. The summed E-state index contributed by atoms with van der Waals surface area (Å²) in [4.78, 5) is -0.348. The van der Waals surface area contributed by atoms with Crippen molar-refractivity contribution < 1.29 is 21.0 Å². The molecule has 0 spiro atoms. The maximum atomic E-state index is 11.4. The number of benzene rings is 1. The summed E-state index contributed by atoms with van der Waals surface area (Å²) in [6.07, 6.45) is 0.375. The van der Waals surface area contributed by atoms with Gasteiger partial charge in [0.2, 0.25) is 10.0 Å². The molecule has 1 aromatic carbocycles. The van der Waals surface area contributed by atoms with Gasteiger partial charge in [-0.05, 0) is 18.6 Å². The molecule has 8 heteroatoms. The summed E-state index contributed by atoms with van der Waals surface area (Å²) >= 11 is 0. The molecule has 0 heterocycles. The third-order valence-electron chi connectivity index (χ3n) is 1.83. The van der Waals surface area contributed by atoms with Gasteiger partial charge < -0.3 is 4.18 Å². The van der Waals surface area contributed by atoms with Crippen molar-refractivity contribution in [3.05, 3.63) is 24.3 Å². The Morgan fingerprint density at radius 1 is 1.18 bits per heavy atom. The van der Waals surface area contributed by atoms with Crippen molar-refractivity contribution in [2.45, 2.75) is 18.2 Å². The molecule has 0 aliphatic carbocycles. The highest BCUT2D eigenvalue weighted by Crippen LogP contribution is 2.23. The molecule has 0 saturated heterocycles. The van der Waals surface area contributed by atoms with Crippen LogP contribution in [-0.2, 0) is 20.1 Å². The van der Waals surface area contributed by atoms with E-state index in [2.05, 4.69) is 0 Å². The van der Waals surface area contributed by atoms with E-state index < -0.39 is 20.1 Å². The lowest BCUT2D eigenvalue weighted by Crippen LogP contribution is -2.18. The number of para-hydroxylation sites is 1. The van der Waals surface area contributed by atoms with E-state index in [0.717, 1.165) is 0 Å². The highest BCUT2D eigenvalue weighted by atomic mass is 32.2. The number of nitrogens with two attached hydrogens (primary N) is 1. The molecular formula is C9H13NO5S2. The molecule has 0 aromatic heterocycles. The standard InChI is InChI=1S/C9H13NO5S2/c1-2-7-16(11,12)15-8-5-3-4-6-9(8)17(10,13)14/h3-6H,2,7H2,1H3,(H2,10,13,14). The predicted molar refractivity (Wildman–Crippen MR) is 62.5 cm³/mol. The van der Waals surface area contributed by atoms with Crippen LogP contribution in [0.15, 0.2) is 29.2 Å². The Hall–Kier alpha value is -1.12. The molecule has 0 aliphatic rings. The number of hydrogen-bond donors (Lipinski definition) is 1. The summed E-state index contributed by atoms with van der Waals surface area (Å²) < 4.78 is 50.0. The monoisotopic (exact) mass is 279 g/mol. The van der Waals surface area contributed by atoms with Crippen LogP contribution in [0.3, 0.4) is 0 Å². The first kappa shape index (κ1) is 13.9. The van der Waals surface area contributed by atoms with Crippen molar-refractivity contribution in [1.29, 1.82) is 0 Å². The molecule has 0 fully saturated rings. The number of primary sulfonamides is 1. The molecule has 1 aromatic rings. The Kier molecular flexibility index (Phi) is 4.12. The molecule has 96 valence electrons. The fourth-order valence-corrected chi connectivity index (χ4v) is 2.90. The van der Waals surface area contributed by atoms with E-state index in [0.29, 0.717) is 6.42 Å². The SMILES string of the molecule is CCCS(=O)(=O)Oc1ccccc1S(N)(=O)=O. The molecule has 0 amide bonds. The molecule has 0 saturated carbocycles. The maximum absolute atomic E-state index is 11.4. The maximum Gasteiger partial charge on any atom is 0.309 e. The van der Waals surface area contributed by atoms with Crippen LogP contribution in [0.25, 0.3) is 0 Å². The second-order valence-electron chi connectivity index (χ2n) is 3.34. The predicted octanol–water partition coefficient (Wildman–Crippen LogP) is 0.453. The fraction of sp³-hybridized carbons (Fsp3) is 0.333. The minimum absolute atomic E-state index is 0.189. The van der Waals surface area contributed by atoms with Crippen LogP contribution < -0.4 is 9.32 Å². The Bertz CT molecular complexity index is 592. The van der Waals surface area contributed by atoms with Crippen LogP contribution >= 0.6 is 0 Å². The second-order valence-corrected chi connectivity index (χ2v) is 6.56. The highest BCUT2D eigenvalue weighted by Gasteiger charge is 2.19. The van der Waals surface area contributed by atoms with E-state index in [1.807, 2.05) is 0 Å². The largest absolute Gasteiger partial charge is 0.381 e. The van der Waals surface area contributed by atoms with Gasteiger partial charge in [0.25, 0.3) is 0 Å². The average molecular weight is 279 g/mol. The van der Waals surface area contributed by atoms with Crippen molar-refractivity contribution in [3.8, 4) is 5.75 Å². The first-order valence-corrected chi connectivity index (χ1v) is 7.92. The molecule has 0 bridgehead atoms. The van der Waals surface area contributed by atoms with Gasteiger partial charge in [-0.15, -0.1) is 0 Å². The Balaban J connectivity index is 3.17. The quantitative estimate of drug-likeness (QED) is 0.788. The minimum atomic E-state index is -4.01. The van der Waals surface area contributed by atoms with Gasteiger partial charge in [0.1, 0.15) is 4.90 Å². The second kappa shape index (κ2) is 5.03. The number of rotatable bonds is 5. The van der Waals surface area contributed by atoms with Gasteiger partial charge in [-0.25, -0.2) is 13.6 Å². The molecule has 2 N–H and O–H groups in total. The van der Waals surface area contributed by atoms with Gasteiger partial charge in [-0.1, -0.05) is 19.1 Å². The molecular weight excluding hydrogens is 266 g/mol. The zero-order valence-corrected chi connectivity index (χ0v) is 10.8. The Morgan fingerprint density at radius 3 is 2.29 bits per heavy atom. The van der Waals surface area contributed by atoms with Crippen molar-refractivity contribution in [3.63, 3.8) is 0 Å². The van der Waals surface area contributed by atoms with E-state index in [1.165, 1.54) is 24.3 Å². The van der Waals surface area contributed by atoms with E-state index >= 15 is 0 Å². The molecule has 6 nitrogen and oxygen atoms in total. The van der Waals surface area contributed by atoms with Crippen molar-refractivity contribution in [1.82, 2.24) is 0 Å². The lowest BCUT2D eigenvalue weighted by atomic mass is 10.3. The summed E-state index contributed by atoms with van der Waals surface area (Å²) in [5.74, 6) is -0.463. The average Bonchev–Trinajstić information content (AvgIpc) is 2.15. The van der Waals surface area contributed by atoms with Crippen LogP contribution in [0, 0.1) is 0 Å². The molecule has 1 rings (SSSR count). The summed E-state index contributed by atoms with van der Waals surface area (Å²) in [6.45, 7) is 1.67. The summed E-state index contributed by atoms with van der Waals surface area (Å²) in [5.41, 5.74) is 0.